The normalized spacial score (nSPS) is 16.8. The lowest BCUT2D eigenvalue weighted by molar-refractivity contribution is 0.0944. The lowest BCUT2D eigenvalue weighted by Gasteiger charge is -2.11. The molecule has 0 saturated heterocycles. The van der Waals surface area contributed by atoms with E-state index in [0.29, 0.717) is 29.2 Å². The number of hydrogen-bond acceptors (Lipinski definition) is 3. The van der Waals surface area contributed by atoms with Gasteiger partial charge < -0.3 is 15.6 Å². The summed E-state index contributed by atoms with van der Waals surface area (Å²) >= 11 is 1.74. The minimum Gasteiger partial charge on any atom is -0.397 e. The molecule has 1 aromatic rings. The standard InChI is InChI=1S/C12H19N3OS/c1-8(17-2)6-14-12(16)11-5-9(13)7-15(11)10-3-4-10/h5,7-8,10H,3-4,6,13H2,1-2H3,(H,14,16). The third-order valence-electron chi connectivity index (χ3n) is 3.00. The van der Waals surface area contributed by atoms with Crippen LogP contribution in [-0.4, -0.2) is 28.5 Å². The largest absolute Gasteiger partial charge is 0.397 e. The zero-order chi connectivity index (χ0) is 12.4. The predicted octanol–water partition coefficient (Wildman–Crippen LogP) is 1.89. The fourth-order valence-corrected chi connectivity index (χ4v) is 2.00. The van der Waals surface area contributed by atoms with Crippen molar-refractivity contribution in [2.75, 3.05) is 18.5 Å². The molecular weight excluding hydrogens is 234 g/mol. The summed E-state index contributed by atoms with van der Waals surface area (Å²) in [5, 5.41) is 3.38. The van der Waals surface area contributed by atoms with Crippen LogP contribution in [0.3, 0.4) is 0 Å². The van der Waals surface area contributed by atoms with Crippen LogP contribution in [0.25, 0.3) is 0 Å². The van der Waals surface area contributed by atoms with Gasteiger partial charge in [-0.15, -0.1) is 0 Å². The number of nitrogens with one attached hydrogen (secondary N) is 1. The smallest absolute Gasteiger partial charge is 0.268 e. The van der Waals surface area contributed by atoms with Crippen LogP contribution < -0.4 is 11.1 Å². The molecule has 0 radical (unpaired) electrons. The van der Waals surface area contributed by atoms with Crippen LogP contribution in [0.4, 0.5) is 5.69 Å². The van der Waals surface area contributed by atoms with Gasteiger partial charge in [0.2, 0.25) is 0 Å². The Hall–Kier alpha value is -1.10. The van der Waals surface area contributed by atoms with E-state index in [2.05, 4.69) is 12.2 Å². The molecule has 1 aliphatic rings. The average Bonchev–Trinajstić information content (AvgIpc) is 3.09. The van der Waals surface area contributed by atoms with Gasteiger partial charge in [-0.05, 0) is 25.2 Å². The monoisotopic (exact) mass is 253 g/mol. The van der Waals surface area contributed by atoms with Crippen molar-refractivity contribution < 1.29 is 4.79 Å². The summed E-state index contributed by atoms with van der Waals surface area (Å²) < 4.78 is 2.01. The molecule has 1 heterocycles. The van der Waals surface area contributed by atoms with Crippen molar-refractivity contribution in [1.29, 1.82) is 0 Å². The molecule has 3 N–H and O–H groups in total. The van der Waals surface area contributed by atoms with Gasteiger partial charge in [-0.3, -0.25) is 4.79 Å². The van der Waals surface area contributed by atoms with Crippen molar-refractivity contribution >= 4 is 23.4 Å². The van der Waals surface area contributed by atoms with Gasteiger partial charge >= 0.3 is 0 Å². The SMILES string of the molecule is CSC(C)CNC(=O)c1cc(N)cn1C1CC1. The summed E-state index contributed by atoms with van der Waals surface area (Å²) in [6.45, 7) is 2.79. The van der Waals surface area contributed by atoms with Crippen LogP contribution in [0, 0.1) is 0 Å². The molecule has 5 heteroatoms. The first-order chi connectivity index (χ1) is 8.11. The number of carbonyl (C=O) groups is 1. The predicted molar refractivity (Wildman–Crippen MR) is 72.4 cm³/mol. The number of hydrogen-bond donors (Lipinski definition) is 2. The van der Waals surface area contributed by atoms with E-state index in [4.69, 9.17) is 5.73 Å². The summed E-state index contributed by atoms with van der Waals surface area (Å²) in [4.78, 5) is 12.0. The van der Waals surface area contributed by atoms with Gasteiger partial charge in [0.15, 0.2) is 0 Å². The van der Waals surface area contributed by atoms with Gasteiger partial charge in [0.05, 0.1) is 5.69 Å². The molecule has 1 unspecified atom stereocenters. The van der Waals surface area contributed by atoms with E-state index in [-0.39, 0.29) is 5.91 Å². The number of nitrogens with two attached hydrogens (primary N) is 1. The van der Waals surface area contributed by atoms with E-state index < -0.39 is 0 Å². The van der Waals surface area contributed by atoms with E-state index in [1.807, 2.05) is 17.0 Å². The second kappa shape index (κ2) is 5.04. The van der Waals surface area contributed by atoms with Gasteiger partial charge in [0, 0.05) is 24.0 Å². The van der Waals surface area contributed by atoms with Crippen LogP contribution in [-0.2, 0) is 0 Å². The van der Waals surface area contributed by atoms with Crippen LogP contribution in [0.1, 0.15) is 36.3 Å². The quantitative estimate of drug-likeness (QED) is 0.842. The van der Waals surface area contributed by atoms with E-state index in [1.165, 1.54) is 0 Å². The van der Waals surface area contributed by atoms with Crippen molar-refractivity contribution in [2.24, 2.45) is 0 Å². The number of aromatic nitrogens is 1. The molecule has 17 heavy (non-hydrogen) atoms. The molecule has 0 spiro atoms. The Morgan fingerprint density at radius 1 is 1.71 bits per heavy atom. The highest BCUT2D eigenvalue weighted by atomic mass is 32.2. The zero-order valence-electron chi connectivity index (χ0n) is 10.3. The van der Waals surface area contributed by atoms with E-state index in [0.717, 1.165) is 12.8 Å². The summed E-state index contributed by atoms with van der Waals surface area (Å²) in [6, 6.07) is 2.24. The number of amides is 1. The Balaban J connectivity index is 2.03. The van der Waals surface area contributed by atoms with Crippen LogP contribution >= 0.6 is 11.8 Å². The Bertz CT molecular complexity index is 412. The molecule has 1 fully saturated rings. The summed E-state index contributed by atoms with van der Waals surface area (Å²) in [6.07, 6.45) is 6.21. The molecule has 2 rings (SSSR count). The van der Waals surface area contributed by atoms with Gasteiger partial charge in [0.25, 0.3) is 5.91 Å². The lowest BCUT2D eigenvalue weighted by atomic mass is 10.3. The third-order valence-corrected chi connectivity index (χ3v) is 3.97. The molecule has 0 bridgehead atoms. The Kier molecular flexibility index (Phi) is 3.66. The molecule has 94 valence electrons. The molecule has 1 amide bonds. The zero-order valence-corrected chi connectivity index (χ0v) is 11.1. The summed E-state index contributed by atoms with van der Waals surface area (Å²) in [5.41, 5.74) is 7.12. The van der Waals surface area contributed by atoms with Crippen LogP contribution in [0.15, 0.2) is 12.3 Å². The third kappa shape index (κ3) is 2.97. The molecule has 4 nitrogen and oxygen atoms in total. The molecule has 1 atom stereocenters. The van der Waals surface area contributed by atoms with Crippen molar-refractivity contribution in [1.82, 2.24) is 9.88 Å². The number of nitrogen functional groups attached to an aromatic ring is 1. The molecule has 0 aromatic carbocycles. The fraction of sp³-hybridized carbons (Fsp3) is 0.583. The summed E-state index contributed by atoms with van der Waals surface area (Å²) in [5.74, 6) is -0.0190. The molecule has 1 aromatic heterocycles. The molecule has 1 aliphatic carbocycles. The number of rotatable bonds is 5. The second-order valence-corrected chi connectivity index (χ2v) is 5.83. The van der Waals surface area contributed by atoms with Crippen LogP contribution in [0.5, 0.6) is 0 Å². The highest BCUT2D eigenvalue weighted by Crippen LogP contribution is 2.37. The van der Waals surface area contributed by atoms with Crippen molar-refractivity contribution in [3.8, 4) is 0 Å². The lowest BCUT2D eigenvalue weighted by Crippen LogP contribution is -2.30. The average molecular weight is 253 g/mol. The van der Waals surface area contributed by atoms with E-state index in [9.17, 15) is 4.79 Å². The number of thioether (sulfide) groups is 1. The minimum absolute atomic E-state index is 0.0190. The first-order valence-corrected chi connectivity index (χ1v) is 7.19. The number of anilines is 1. The second-order valence-electron chi connectivity index (χ2n) is 4.55. The number of nitrogens with zero attached hydrogens (tertiary/aromatic N) is 1. The Labute approximate surface area is 106 Å². The first kappa shape index (κ1) is 12.4. The maximum absolute atomic E-state index is 12.0. The van der Waals surface area contributed by atoms with Gasteiger partial charge in [-0.25, -0.2) is 0 Å². The molecular formula is C12H19N3OS. The van der Waals surface area contributed by atoms with E-state index in [1.54, 1.807) is 17.8 Å². The Morgan fingerprint density at radius 3 is 3.00 bits per heavy atom. The topological polar surface area (TPSA) is 60.1 Å². The van der Waals surface area contributed by atoms with Gasteiger partial charge in [-0.1, -0.05) is 6.92 Å². The minimum atomic E-state index is -0.0190. The van der Waals surface area contributed by atoms with Crippen molar-refractivity contribution in [3.05, 3.63) is 18.0 Å². The highest BCUT2D eigenvalue weighted by molar-refractivity contribution is 7.99. The maximum atomic E-state index is 12.0. The molecule has 0 aliphatic heterocycles. The highest BCUT2D eigenvalue weighted by Gasteiger charge is 2.27. The van der Waals surface area contributed by atoms with E-state index >= 15 is 0 Å². The molecule has 1 saturated carbocycles. The maximum Gasteiger partial charge on any atom is 0.268 e. The first-order valence-electron chi connectivity index (χ1n) is 5.90. The summed E-state index contributed by atoms with van der Waals surface area (Å²) in [7, 11) is 0. The van der Waals surface area contributed by atoms with Crippen molar-refractivity contribution in [3.63, 3.8) is 0 Å². The number of carbonyl (C=O) groups excluding carboxylic acids is 1. The fourth-order valence-electron chi connectivity index (χ4n) is 1.75. The van der Waals surface area contributed by atoms with Crippen molar-refractivity contribution in [2.45, 2.75) is 31.1 Å². The van der Waals surface area contributed by atoms with Crippen LogP contribution in [0.2, 0.25) is 0 Å². The van der Waals surface area contributed by atoms with Gasteiger partial charge in [0.1, 0.15) is 5.69 Å². The Morgan fingerprint density at radius 2 is 2.41 bits per heavy atom. The van der Waals surface area contributed by atoms with Gasteiger partial charge in [-0.2, -0.15) is 11.8 Å².